The monoisotopic (exact) mass is 208 g/mol. The summed E-state index contributed by atoms with van der Waals surface area (Å²) in [4.78, 5) is 4.19. The molecule has 0 saturated heterocycles. The normalized spacial score (nSPS) is 10.7. The van der Waals surface area contributed by atoms with Crippen LogP contribution in [0.2, 0.25) is 0 Å². The molecule has 0 saturated carbocycles. The zero-order valence-corrected chi connectivity index (χ0v) is 9.01. The summed E-state index contributed by atoms with van der Waals surface area (Å²) in [7, 11) is 0. The van der Waals surface area contributed by atoms with Gasteiger partial charge in [0.2, 0.25) is 0 Å². The number of nitrogen functional groups attached to an aromatic ring is 1. The largest absolute Gasteiger partial charge is 0.375 e. The highest BCUT2D eigenvalue weighted by atomic mass is 32.1. The van der Waals surface area contributed by atoms with E-state index < -0.39 is 0 Å². The smallest absolute Gasteiger partial charge is 0.180 e. The van der Waals surface area contributed by atoms with Crippen LogP contribution in [0.4, 0.5) is 5.13 Å². The van der Waals surface area contributed by atoms with Gasteiger partial charge in [0.15, 0.2) is 5.13 Å². The zero-order chi connectivity index (χ0) is 10.1. The van der Waals surface area contributed by atoms with Crippen LogP contribution in [-0.4, -0.2) is 14.8 Å². The van der Waals surface area contributed by atoms with E-state index in [1.807, 2.05) is 23.9 Å². The van der Waals surface area contributed by atoms with Crippen molar-refractivity contribution in [1.29, 1.82) is 0 Å². The van der Waals surface area contributed by atoms with Crippen molar-refractivity contribution in [2.24, 2.45) is 0 Å². The molecule has 0 unspecified atom stereocenters. The maximum absolute atomic E-state index is 5.55. The molecule has 2 aromatic heterocycles. The molecular formula is C9H12N4S. The number of aryl methyl sites for hydroxylation is 2. The molecule has 0 radical (unpaired) electrons. The van der Waals surface area contributed by atoms with Gasteiger partial charge in [0, 0.05) is 11.1 Å². The molecule has 2 aromatic rings. The van der Waals surface area contributed by atoms with Crippen LogP contribution in [-0.2, 0) is 6.54 Å². The number of thiazole rings is 1. The minimum absolute atomic E-state index is 0.613. The Morgan fingerprint density at radius 3 is 2.79 bits per heavy atom. The first-order valence-electron chi connectivity index (χ1n) is 4.36. The van der Waals surface area contributed by atoms with Crippen LogP contribution >= 0.6 is 11.3 Å². The van der Waals surface area contributed by atoms with E-state index in [9.17, 15) is 0 Å². The first-order valence-corrected chi connectivity index (χ1v) is 5.24. The molecule has 74 valence electrons. The molecule has 4 nitrogen and oxygen atoms in total. The second kappa shape index (κ2) is 3.42. The molecule has 0 atom stereocenters. The third-order valence-electron chi connectivity index (χ3n) is 1.98. The number of hydrogen-bond acceptors (Lipinski definition) is 4. The van der Waals surface area contributed by atoms with E-state index in [4.69, 9.17) is 5.73 Å². The van der Waals surface area contributed by atoms with Crippen molar-refractivity contribution in [2.75, 3.05) is 5.73 Å². The maximum atomic E-state index is 5.55. The molecule has 0 amide bonds. The van der Waals surface area contributed by atoms with Crippen LogP contribution in [0.25, 0.3) is 0 Å². The van der Waals surface area contributed by atoms with Crippen molar-refractivity contribution >= 4 is 16.5 Å². The lowest BCUT2D eigenvalue weighted by atomic mass is 10.4. The molecule has 0 aliphatic rings. The number of rotatable bonds is 2. The summed E-state index contributed by atoms with van der Waals surface area (Å²) >= 11 is 1.46. The van der Waals surface area contributed by atoms with Crippen LogP contribution in [0, 0.1) is 13.8 Å². The first-order chi connectivity index (χ1) is 6.65. The van der Waals surface area contributed by atoms with Crippen molar-refractivity contribution in [3.63, 3.8) is 0 Å². The van der Waals surface area contributed by atoms with Crippen LogP contribution < -0.4 is 5.73 Å². The molecular weight excluding hydrogens is 196 g/mol. The van der Waals surface area contributed by atoms with Crippen LogP contribution in [0.1, 0.15) is 17.1 Å². The summed E-state index contributed by atoms with van der Waals surface area (Å²) in [5.41, 5.74) is 8.70. The highest BCUT2D eigenvalue weighted by Gasteiger charge is 2.04. The van der Waals surface area contributed by atoms with Crippen LogP contribution in [0.15, 0.2) is 11.4 Å². The summed E-state index contributed by atoms with van der Waals surface area (Å²) in [5, 5.41) is 6.93. The van der Waals surface area contributed by atoms with Gasteiger partial charge in [-0.1, -0.05) is 0 Å². The van der Waals surface area contributed by atoms with Crippen molar-refractivity contribution in [1.82, 2.24) is 14.8 Å². The van der Waals surface area contributed by atoms with Gasteiger partial charge < -0.3 is 5.73 Å². The molecule has 2 N–H and O–H groups in total. The van der Waals surface area contributed by atoms with E-state index in [1.54, 1.807) is 0 Å². The van der Waals surface area contributed by atoms with Gasteiger partial charge in [-0.2, -0.15) is 5.10 Å². The standard InChI is InChI=1S/C9H12N4S/c1-6-3-7(2)13(12-6)4-8-5-14-9(10)11-8/h3,5H,4H2,1-2H3,(H2,10,11). The predicted molar refractivity (Wildman–Crippen MR) is 57.3 cm³/mol. The molecule has 2 rings (SSSR count). The quantitative estimate of drug-likeness (QED) is 0.815. The maximum Gasteiger partial charge on any atom is 0.180 e. The second-order valence-corrected chi connectivity index (χ2v) is 4.15. The van der Waals surface area contributed by atoms with Gasteiger partial charge in [0.25, 0.3) is 0 Å². The first kappa shape index (κ1) is 9.21. The molecule has 2 heterocycles. The minimum atomic E-state index is 0.613. The molecule has 0 aliphatic heterocycles. The van der Waals surface area contributed by atoms with E-state index >= 15 is 0 Å². The molecule has 0 aromatic carbocycles. The van der Waals surface area contributed by atoms with Crippen LogP contribution in [0.5, 0.6) is 0 Å². The summed E-state index contributed by atoms with van der Waals surface area (Å²) in [6.45, 7) is 4.72. The molecule has 0 aliphatic carbocycles. The Bertz CT molecular complexity index is 443. The second-order valence-electron chi connectivity index (χ2n) is 3.26. The topological polar surface area (TPSA) is 56.7 Å². The number of anilines is 1. The summed E-state index contributed by atoms with van der Waals surface area (Å²) in [5.74, 6) is 0. The Morgan fingerprint density at radius 2 is 2.29 bits per heavy atom. The summed E-state index contributed by atoms with van der Waals surface area (Å²) < 4.78 is 1.93. The zero-order valence-electron chi connectivity index (χ0n) is 8.19. The molecule has 5 heteroatoms. The van der Waals surface area contributed by atoms with E-state index in [1.165, 1.54) is 11.3 Å². The third-order valence-corrected chi connectivity index (χ3v) is 2.71. The number of aromatic nitrogens is 3. The summed E-state index contributed by atoms with van der Waals surface area (Å²) in [6.07, 6.45) is 0. The van der Waals surface area contributed by atoms with E-state index in [-0.39, 0.29) is 0 Å². The third kappa shape index (κ3) is 1.77. The van der Waals surface area contributed by atoms with Gasteiger partial charge >= 0.3 is 0 Å². The van der Waals surface area contributed by atoms with Gasteiger partial charge in [-0.15, -0.1) is 11.3 Å². The van der Waals surface area contributed by atoms with Crippen molar-refractivity contribution in [3.8, 4) is 0 Å². The van der Waals surface area contributed by atoms with E-state index in [2.05, 4.69) is 16.1 Å². The summed E-state index contributed by atoms with van der Waals surface area (Å²) in [6, 6.07) is 2.05. The Balaban J connectivity index is 2.22. The Labute approximate surface area is 86.4 Å². The molecule has 0 spiro atoms. The highest BCUT2D eigenvalue weighted by molar-refractivity contribution is 7.13. The van der Waals surface area contributed by atoms with Gasteiger partial charge in [-0.25, -0.2) is 4.98 Å². The predicted octanol–water partition coefficient (Wildman–Crippen LogP) is 1.59. The minimum Gasteiger partial charge on any atom is -0.375 e. The van der Waals surface area contributed by atoms with E-state index in [0.29, 0.717) is 11.7 Å². The average Bonchev–Trinajstić information content (AvgIpc) is 2.61. The fourth-order valence-corrected chi connectivity index (χ4v) is 1.94. The number of hydrogen-bond donors (Lipinski definition) is 1. The molecule has 14 heavy (non-hydrogen) atoms. The SMILES string of the molecule is Cc1cc(C)n(Cc2csc(N)n2)n1. The van der Waals surface area contributed by atoms with Crippen molar-refractivity contribution in [3.05, 3.63) is 28.5 Å². The Morgan fingerprint density at radius 1 is 1.50 bits per heavy atom. The van der Waals surface area contributed by atoms with Crippen molar-refractivity contribution < 1.29 is 0 Å². The van der Waals surface area contributed by atoms with Gasteiger partial charge in [-0.05, 0) is 19.9 Å². The number of nitrogens with zero attached hydrogens (tertiary/aromatic N) is 3. The lowest BCUT2D eigenvalue weighted by molar-refractivity contribution is 0.650. The lowest BCUT2D eigenvalue weighted by Crippen LogP contribution is -2.04. The molecule has 0 fully saturated rings. The van der Waals surface area contributed by atoms with Crippen LogP contribution in [0.3, 0.4) is 0 Å². The van der Waals surface area contributed by atoms with Gasteiger partial charge in [0.1, 0.15) is 0 Å². The average molecular weight is 208 g/mol. The number of nitrogens with two attached hydrogens (primary N) is 1. The fourth-order valence-electron chi connectivity index (χ4n) is 1.38. The van der Waals surface area contributed by atoms with Gasteiger partial charge in [-0.3, -0.25) is 4.68 Å². The Kier molecular flexibility index (Phi) is 2.25. The lowest BCUT2D eigenvalue weighted by Gasteiger charge is -2.00. The molecule has 0 bridgehead atoms. The fraction of sp³-hybridized carbons (Fsp3) is 0.333. The highest BCUT2D eigenvalue weighted by Crippen LogP contribution is 2.13. The van der Waals surface area contributed by atoms with E-state index in [0.717, 1.165) is 17.1 Å². The Hall–Kier alpha value is -1.36. The van der Waals surface area contributed by atoms with Crippen molar-refractivity contribution in [2.45, 2.75) is 20.4 Å². The van der Waals surface area contributed by atoms with Gasteiger partial charge in [0.05, 0.1) is 17.9 Å².